The summed E-state index contributed by atoms with van der Waals surface area (Å²) in [4.78, 5) is 7.08. The Morgan fingerprint density at radius 3 is 2.96 bits per heavy atom. The minimum Gasteiger partial charge on any atom is -0.338 e. The fourth-order valence-corrected chi connectivity index (χ4v) is 4.60. The van der Waals surface area contributed by atoms with E-state index in [2.05, 4.69) is 26.6 Å². The normalized spacial score (nSPS) is 21.0. The summed E-state index contributed by atoms with van der Waals surface area (Å²) >= 11 is 7.78. The lowest BCUT2D eigenvalue weighted by Gasteiger charge is -2.32. The lowest BCUT2D eigenvalue weighted by molar-refractivity contribution is 0.449. The van der Waals surface area contributed by atoms with E-state index in [4.69, 9.17) is 16.6 Å². The molecule has 1 aromatic carbocycles. The molecule has 1 atom stereocenters. The van der Waals surface area contributed by atoms with Crippen LogP contribution in [-0.4, -0.2) is 26.3 Å². The van der Waals surface area contributed by atoms with Crippen LogP contribution < -0.4 is 4.90 Å². The molecule has 1 fully saturated rings. The smallest absolute Gasteiger partial charge is 0.186 e. The molecule has 3 heterocycles. The van der Waals surface area contributed by atoms with Crippen molar-refractivity contribution in [3.8, 4) is 0 Å². The highest BCUT2D eigenvalue weighted by molar-refractivity contribution is 7.22. The second-order valence-electron chi connectivity index (χ2n) is 6.46. The van der Waals surface area contributed by atoms with Crippen molar-refractivity contribution < 1.29 is 0 Å². The average molecular weight is 346 g/mol. The molecule has 23 heavy (non-hydrogen) atoms. The van der Waals surface area contributed by atoms with E-state index in [1.807, 2.05) is 18.2 Å². The molecule has 7 heteroatoms. The van der Waals surface area contributed by atoms with Gasteiger partial charge in [0.25, 0.3) is 0 Å². The highest BCUT2D eigenvalue weighted by atomic mass is 35.5. The molecule has 0 saturated heterocycles. The maximum absolute atomic E-state index is 6.09. The molecule has 2 aromatic heterocycles. The maximum atomic E-state index is 6.09. The standard InChI is InChI=1S/C16H16ClN5S/c1-9-7-21(8-14-19-20-15(22(9)14)10-2-3-10)16-18-12-5-4-11(17)6-13(12)23-16/h4-6,9-10H,2-3,7-8H2,1H3/t9-/m0/s1. The second-order valence-corrected chi connectivity index (χ2v) is 7.90. The van der Waals surface area contributed by atoms with Crippen molar-refractivity contribution in [2.24, 2.45) is 0 Å². The number of rotatable bonds is 2. The molecular formula is C16H16ClN5S. The number of benzene rings is 1. The number of hydrogen-bond donors (Lipinski definition) is 0. The van der Waals surface area contributed by atoms with Crippen LogP contribution in [0.5, 0.6) is 0 Å². The van der Waals surface area contributed by atoms with Crippen LogP contribution in [0.1, 0.15) is 43.4 Å². The number of fused-ring (bicyclic) bond motifs is 2. The van der Waals surface area contributed by atoms with Crippen LogP contribution in [0.15, 0.2) is 18.2 Å². The predicted molar refractivity (Wildman–Crippen MR) is 92.4 cm³/mol. The summed E-state index contributed by atoms with van der Waals surface area (Å²) < 4.78 is 3.48. The number of aromatic nitrogens is 4. The van der Waals surface area contributed by atoms with Crippen molar-refractivity contribution in [3.63, 3.8) is 0 Å². The Morgan fingerprint density at radius 1 is 1.26 bits per heavy atom. The van der Waals surface area contributed by atoms with Crippen LogP contribution in [0.3, 0.4) is 0 Å². The van der Waals surface area contributed by atoms with Crippen LogP contribution in [0.2, 0.25) is 5.02 Å². The largest absolute Gasteiger partial charge is 0.338 e. The van der Waals surface area contributed by atoms with Gasteiger partial charge >= 0.3 is 0 Å². The fourth-order valence-electron chi connectivity index (χ4n) is 3.35. The molecule has 2 aliphatic rings. The Kier molecular flexibility index (Phi) is 2.94. The summed E-state index contributed by atoms with van der Waals surface area (Å²) in [6.45, 7) is 3.96. The van der Waals surface area contributed by atoms with Crippen LogP contribution in [0.25, 0.3) is 10.2 Å². The van der Waals surface area contributed by atoms with E-state index in [9.17, 15) is 0 Å². The van der Waals surface area contributed by atoms with Crippen molar-refractivity contribution in [3.05, 3.63) is 34.9 Å². The van der Waals surface area contributed by atoms with Gasteiger partial charge in [-0.15, -0.1) is 10.2 Å². The van der Waals surface area contributed by atoms with E-state index >= 15 is 0 Å². The molecular weight excluding hydrogens is 330 g/mol. The van der Waals surface area contributed by atoms with Crippen molar-refractivity contribution in [2.75, 3.05) is 11.4 Å². The highest BCUT2D eigenvalue weighted by Crippen LogP contribution is 2.41. The number of thiazole rings is 1. The zero-order valence-electron chi connectivity index (χ0n) is 12.7. The molecule has 118 valence electrons. The third kappa shape index (κ3) is 2.23. The predicted octanol–water partition coefficient (Wildman–Crippen LogP) is 4.00. The molecule has 3 aromatic rings. The van der Waals surface area contributed by atoms with Gasteiger partial charge in [0.2, 0.25) is 0 Å². The first-order chi connectivity index (χ1) is 11.2. The second kappa shape index (κ2) is 4.92. The Labute approximate surface area is 142 Å². The van der Waals surface area contributed by atoms with Crippen LogP contribution in [0.4, 0.5) is 5.13 Å². The summed E-state index contributed by atoms with van der Waals surface area (Å²) in [6, 6.07) is 6.24. The molecule has 5 nitrogen and oxygen atoms in total. The van der Waals surface area contributed by atoms with E-state index < -0.39 is 0 Å². The quantitative estimate of drug-likeness (QED) is 0.704. The number of nitrogens with zero attached hydrogens (tertiary/aromatic N) is 5. The first-order valence-corrected chi connectivity index (χ1v) is 9.13. The zero-order valence-corrected chi connectivity index (χ0v) is 14.3. The molecule has 1 saturated carbocycles. The molecule has 0 N–H and O–H groups in total. The van der Waals surface area contributed by atoms with Crippen molar-refractivity contribution in [1.82, 2.24) is 19.7 Å². The summed E-state index contributed by atoms with van der Waals surface area (Å²) in [6.07, 6.45) is 2.51. The van der Waals surface area contributed by atoms with Gasteiger partial charge in [-0.05, 0) is 38.0 Å². The maximum Gasteiger partial charge on any atom is 0.186 e. The Bertz CT molecular complexity index is 897. The minimum atomic E-state index is 0.375. The van der Waals surface area contributed by atoms with Gasteiger partial charge in [-0.3, -0.25) is 0 Å². The van der Waals surface area contributed by atoms with Crippen molar-refractivity contribution in [1.29, 1.82) is 0 Å². The van der Waals surface area contributed by atoms with E-state index in [0.29, 0.717) is 12.0 Å². The van der Waals surface area contributed by atoms with Gasteiger partial charge in [-0.2, -0.15) is 0 Å². The van der Waals surface area contributed by atoms with Crippen LogP contribution in [0, 0.1) is 0 Å². The molecule has 0 spiro atoms. The number of hydrogen-bond acceptors (Lipinski definition) is 5. The summed E-state index contributed by atoms with van der Waals surface area (Å²) in [5, 5.41) is 10.7. The average Bonchev–Trinajstić information content (AvgIpc) is 3.14. The minimum absolute atomic E-state index is 0.375. The topological polar surface area (TPSA) is 46.8 Å². The van der Waals surface area contributed by atoms with E-state index in [0.717, 1.165) is 39.3 Å². The Hall–Kier alpha value is -1.66. The van der Waals surface area contributed by atoms with E-state index in [1.165, 1.54) is 18.7 Å². The monoisotopic (exact) mass is 345 g/mol. The third-order valence-electron chi connectivity index (χ3n) is 4.60. The summed E-state index contributed by atoms with van der Waals surface area (Å²) in [5.41, 5.74) is 1.01. The SMILES string of the molecule is C[C@H]1CN(c2nc3ccc(Cl)cc3s2)Cc2nnc(C3CC3)n21. The Morgan fingerprint density at radius 2 is 2.13 bits per heavy atom. The lowest BCUT2D eigenvalue weighted by Crippen LogP contribution is -2.36. The third-order valence-corrected chi connectivity index (χ3v) is 5.92. The molecule has 1 aliphatic heterocycles. The van der Waals surface area contributed by atoms with Crippen molar-refractivity contribution >= 4 is 38.3 Å². The van der Waals surface area contributed by atoms with Gasteiger partial charge in [0.15, 0.2) is 11.0 Å². The molecule has 5 rings (SSSR count). The van der Waals surface area contributed by atoms with Gasteiger partial charge in [-0.25, -0.2) is 4.98 Å². The molecule has 0 bridgehead atoms. The number of halogens is 1. The van der Waals surface area contributed by atoms with Crippen LogP contribution >= 0.6 is 22.9 Å². The lowest BCUT2D eigenvalue weighted by atomic mass is 10.2. The van der Waals surface area contributed by atoms with Gasteiger partial charge in [0, 0.05) is 17.5 Å². The first kappa shape index (κ1) is 13.7. The zero-order chi connectivity index (χ0) is 15.6. The first-order valence-electron chi connectivity index (χ1n) is 7.94. The molecule has 0 unspecified atom stereocenters. The van der Waals surface area contributed by atoms with Gasteiger partial charge < -0.3 is 9.47 Å². The fraction of sp³-hybridized carbons (Fsp3) is 0.438. The summed E-state index contributed by atoms with van der Waals surface area (Å²) in [5.74, 6) is 2.88. The van der Waals surface area contributed by atoms with Gasteiger partial charge in [-0.1, -0.05) is 22.9 Å². The summed E-state index contributed by atoms with van der Waals surface area (Å²) in [7, 11) is 0. The van der Waals surface area contributed by atoms with E-state index in [1.54, 1.807) is 11.3 Å². The molecule has 0 amide bonds. The Balaban J connectivity index is 1.51. The highest BCUT2D eigenvalue weighted by Gasteiger charge is 2.35. The van der Waals surface area contributed by atoms with Crippen LogP contribution in [-0.2, 0) is 6.54 Å². The van der Waals surface area contributed by atoms with Gasteiger partial charge in [0.1, 0.15) is 5.82 Å². The van der Waals surface area contributed by atoms with Crippen molar-refractivity contribution in [2.45, 2.75) is 38.3 Å². The van der Waals surface area contributed by atoms with E-state index in [-0.39, 0.29) is 0 Å². The number of anilines is 1. The molecule has 0 radical (unpaired) electrons. The van der Waals surface area contributed by atoms with Gasteiger partial charge in [0.05, 0.1) is 22.8 Å². The molecule has 1 aliphatic carbocycles.